The van der Waals surface area contributed by atoms with Crippen LogP contribution in [-0.2, 0) is 0 Å². The molecule has 0 unspecified atom stereocenters. The van der Waals surface area contributed by atoms with E-state index in [-0.39, 0.29) is 0 Å². The molecule has 0 N–H and O–H groups in total. The van der Waals surface area contributed by atoms with E-state index in [9.17, 15) is 0 Å². The zero-order chi connectivity index (χ0) is 15.6. The molecule has 0 amide bonds. The van der Waals surface area contributed by atoms with Crippen LogP contribution in [0.25, 0.3) is 10.9 Å². The second-order valence-corrected chi connectivity index (χ2v) is 5.88. The van der Waals surface area contributed by atoms with Gasteiger partial charge >= 0.3 is 0 Å². The summed E-state index contributed by atoms with van der Waals surface area (Å²) in [5.74, 6) is 2.09. The standard InChI is InChI=1S/C18H19N5/c1-14-5-6-16-15(12-14)18(21-13-20-16)23-10-8-22(9-11-23)17-4-2-3-7-19-17/h2-7,12-13H,8-11H2,1H3. The SMILES string of the molecule is Cc1ccc2ncnc(N3CCN(c4ccccn4)CC3)c2c1. The second-order valence-electron chi connectivity index (χ2n) is 5.88. The maximum Gasteiger partial charge on any atom is 0.140 e. The Kier molecular flexibility index (Phi) is 3.54. The van der Waals surface area contributed by atoms with E-state index in [1.54, 1.807) is 6.33 Å². The van der Waals surface area contributed by atoms with E-state index in [0.29, 0.717) is 0 Å². The Bertz CT molecular complexity index is 810. The molecule has 5 nitrogen and oxygen atoms in total. The van der Waals surface area contributed by atoms with Crippen LogP contribution >= 0.6 is 0 Å². The lowest BCUT2D eigenvalue weighted by Crippen LogP contribution is -2.47. The van der Waals surface area contributed by atoms with Gasteiger partial charge in [-0.3, -0.25) is 0 Å². The summed E-state index contributed by atoms with van der Waals surface area (Å²) in [4.78, 5) is 18.1. The van der Waals surface area contributed by atoms with E-state index in [2.05, 4.69) is 55.9 Å². The number of aromatic nitrogens is 3. The minimum absolute atomic E-state index is 0.941. The average molecular weight is 305 g/mol. The first-order valence-corrected chi connectivity index (χ1v) is 7.93. The van der Waals surface area contributed by atoms with Crippen molar-refractivity contribution < 1.29 is 0 Å². The maximum absolute atomic E-state index is 4.55. The summed E-state index contributed by atoms with van der Waals surface area (Å²) in [5.41, 5.74) is 2.24. The lowest BCUT2D eigenvalue weighted by Gasteiger charge is -2.36. The summed E-state index contributed by atoms with van der Waals surface area (Å²) in [7, 11) is 0. The Morgan fingerprint density at radius 2 is 1.70 bits per heavy atom. The number of benzene rings is 1. The second kappa shape index (κ2) is 5.83. The van der Waals surface area contributed by atoms with Crippen molar-refractivity contribution in [3.63, 3.8) is 0 Å². The van der Waals surface area contributed by atoms with Gasteiger partial charge in [-0.25, -0.2) is 15.0 Å². The van der Waals surface area contributed by atoms with Crippen molar-refractivity contribution in [3.8, 4) is 0 Å². The van der Waals surface area contributed by atoms with Crippen molar-refractivity contribution in [3.05, 3.63) is 54.5 Å². The van der Waals surface area contributed by atoms with Gasteiger partial charge in [-0.15, -0.1) is 0 Å². The van der Waals surface area contributed by atoms with Crippen LogP contribution in [0.5, 0.6) is 0 Å². The van der Waals surface area contributed by atoms with Crippen molar-refractivity contribution in [2.75, 3.05) is 36.0 Å². The van der Waals surface area contributed by atoms with Gasteiger partial charge in [0.1, 0.15) is 18.0 Å². The summed E-state index contributed by atoms with van der Waals surface area (Å²) in [6.07, 6.45) is 3.51. The fraction of sp³-hybridized carbons (Fsp3) is 0.278. The van der Waals surface area contributed by atoms with Gasteiger partial charge in [0.25, 0.3) is 0 Å². The minimum Gasteiger partial charge on any atom is -0.353 e. The molecule has 23 heavy (non-hydrogen) atoms. The van der Waals surface area contributed by atoms with Gasteiger partial charge in [0.05, 0.1) is 5.52 Å². The number of nitrogens with zero attached hydrogens (tertiary/aromatic N) is 5. The highest BCUT2D eigenvalue weighted by Gasteiger charge is 2.20. The molecule has 5 heteroatoms. The van der Waals surface area contributed by atoms with Crippen LogP contribution in [0.1, 0.15) is 5.56 Å². The van der Waals surface area contributed by atoms with E-state index in [0.717, 1.165) is 48.7 Å². The number of hydrogen-bond donors (Lipinski definition) is 0. The fourth-order valence-electron chi connectivity index (χ4n) is 3.10. The number of piperazine rings is 1. The Morgan fingerprint density at radius 1 is 0.870 bits per heavy atom. The number of fused-ring (bicyclic) bond motifs is 1. The third-order valence-electron chi connectivity index (χ3n) is 4.32. The predicted molar refractivity (Wildman–Crippen MR) is 92.9 cm³/mol. The highest BCUT2D eigenvalue weighted by Crippen LogP contribution is 2.25. The van der Waals surface area contributed by atoms with Crippen molar-refractivity contribution in [2.24, 2.45) is 0 Å². The lowest BCUT2D eigenvalue weighted by molar-refractivity contribution is 0.643. The third-order valence-corrected chi connectivity index (χ3v) is 4.32. The molecule has 0 saturated carbocycles. The van der Waals surface area contributed by atoms with Gasteiger partial charge in [-0.1, -0.05) is 17.7 Å². The molecule has 0 spiro atoms. The van der Waals surface area contributed by atoms with Crippen molar-refractivity contribution in [1.29, 1.82) is 0 Å². The van der Waals surface area contributed by atoms with E-state index in [1.807, 2.05) is 18.3 Å². The number of anilines is 2. The van der Waals surface area contributed by atoms with Gasteiger partial charge in [-0.05, 0) is 31.2 Å². The van der Waals surface area contributed by atoms with E-state index in [1.165, 1.54) is 5.56 Å². The molecule has 1 aromatic carbocycles. The number of pyridine rings is 1. The molecule has 1 aliphatic heterocycles. The van der Waals surface area contributed by atoms with Crippen molar-refractivity contribution in [2.45, 2.75) is 6.92 Å². The molecule has 4 rings (SSSR count). The topological polar surface area (TPSA) is 45.2 Å². The first-order chi connectivity index (χ1) is 11.3. The molecule has 1 aliphatic rings. The summed E-state index contributed by atoms with van der Waals surface area (Å²) in [6.45, 7) is 5.89. The minimum atomic E-state index is 0.941. The van der Waals surface area contributed by atoms with Crippen LogP contribution in [0.15, 0.2) is 48.9 Å². The first-order valence-electron chi connectivity index (χ1n) is 7.93. The quantitative estimate of drug-likeness (QED) is 0.728. The predicted octanol–water partition coefficient (Wildman–Crippen LogP) is 2.66. The van der Waals surface area contributed by atoms with Gasteiger partial charge in [0, 0.05) is 37.8 Å². The van der Waals surface area contributed by atoms with Crippen LogP contribution in [-0.4, -0.2) is 41.1 Å². The van der Waals surface area contributed by atoms with Crippen LogP contribution in [0, 0.1) is 6.92 Å². The molecular weight excluding hydrogens is 286 g/mol. The smallest absolute Gasteiger partial charge is 0.140 e. The molecule has 3 heterocycles. The number of rotatable bonds is 2. The normalized spacial score (nSPS) is 15.2. The number of hydrogen-bond acceptors (Lipinski definition) is 5. The van der Waals surface area contributed by atoms with Gasteiger partial charge < -0.3 is 9.80 Å². The molecule has 0 radical (unpaired) electrons. The van der Waals surface area contributed by atoms with Crippen molar-refractivity contribution in [1.82, 2.24) is 15.0 Å². The molecule has 2 aromatic heterocycles. The highest BCUT2D eigenvalue weighted by molar-refractivity contribution is 5.89. The fourth-order valence-corrected chi connectivity index (χ4v) is 3.10. The zero-order valence-corrected chi connectivity index (χ0v) is 13.2. The summed E-state index contributed by atoms with van der Waals surface area (Å²) < 4.78 is 0. The Balaban J connectivity index is 1.58. The maximum atomic E-state index is 4.55. The zero-order valence-electron chi connectivity index (χ0n) is 13.2. The van der Waals surface area contributed by atoms with Gasteiger partial charge in [-0.2, -0.15) is 0 Å². The van der Waals surface area contributed by atoms with Crippen LogP contribution in [0.2, 0.25) is 0 Å². The van der Waals surface area contributed by atoms with E-state index < -0.39 is 0 Å². The van der Waals surface area contributed by atoms with Gasteiger partial charge in [0.15, 0.2) is 0 Å². The monoisotopic (exact) mass is 305 g/mol. The van der Waals surface area contributed by atoms with Crippen LogP contribution in [0.3, 0.4) is 0 Å². The van der Waals surface area contributed by atoms with Crippen LogP contribution in [0.4, 0.5) is 11.6 Å². The molecule has 1 fully saturated rings. The summed E-state index contributed by atoms with van der Waals surface area (Å²) in [6, 6.07) is 12.4. The Morgan fingerprint density at radius 3 is 2.48 bits per heavy atom. The molecular formula is C18H19N5. The highest BCUT2D eigenvalue weighted by atomic mass is 15.3. The average Bonchev–Trinajstić information content (AvgIpc) is 2.62. The molecule has 1 saturated heterocycles. The van der Waals surface area contributed by atoms with Gasteiger partial charge in [0.2, 0.25) is 0 Å². The third kappa shape index (κ3) is 2.70. The Hall–Kier alpha value is -2.69. The molecule has 116 valence electrons. The summed E-state index contributed by atoms with van der Waals surface area (Å²) >= 11 is 0. The Labute approximate surface area is 135 Å². The largest absolute Gasteiger partial charge is 0.353 e. The van der Waals surface area contributed by atoms with E-state index in [4.69, 9.17) is 0 Å². The number of aryl methyl sites for hydroxylation is 1. The van der Waals surface area contributed by atoms with Crippen molar-refractivity contribution >= 4 is 22.5 Å². The lowest BCUT2D eigenvalue weighted by atomic mass is 10.1. The van der Waals surface area contributed by atoms with E-state index >= 15 is 0 Å². The first kappa shape index (κ1) is 13.9. The molecule has 0 aliphatic carbocycles. The molecule has 3 aromatic rings. The van der Waals surface area contributed by atoms with Crippen LogP contribution < -0.4 is 9.80 Å². The molecule has 0 atom stereocenters. The molecule has 0 bridgehead atoms. The summed E-state index contributed by atoms with van der Waals surface area (Å²) in [5, 5.41) is 1.14.